The Labute approximate surface area is 79.1 Å². The third-order valence-corrected chi connectivity index (χ3v) is 1.72. The molecule has 0 saturated carbocycles. The average molecular weight is 174 g/mol. The fourth-order valence-electron chi connectivity index (χ4n) is 1.14. The first kappa shape index (κ1) is 9.72. The van der Waals surface area contributed by atoms with Crippen LogP contribution in [-0.2, 0) is 0 Å². The first-order valence-electron chi connectivity index (χ1n) is 4.35. The van der Waals surface area contributed by atoms with Crippen LogP contribution in [0.5, 0.6) is 0 Å². The van der Waals surface area contributed by atoms with Crippen LogP contribution in [0.25, 0.3) is 0 Å². The summed E-state index contributed by atoms with van der Waals surface area (Å²) in [5.74, 6) is 0.0868. The van der Waals surface area contributed by atoms with Gasteiger partial charge in [-0.15, -0.1) is 0 Å². The molecule has 0 aliphatic carbocycles. The van der Waals surface area contributed by atoms with Crippen LogP contribution in [0.3, 0.4) is 0 Å². The summed E-state index contributed by atoms with van der Waals surface area (Å²) in [5, 5.41) is 0. The Kier molecular flexibility index (Phi) is 3.02. The maximum absolute atomic E-state index is 11.5. The van der Waals surface area contributed by atoms with Crippen LogP contribution < -0.4 is 0 Å². The SMILES string of the molecule is CC(C)=CC(=O)c1cccc(C)c1. The minimum atomic E-state index is 0.0868. The third-order valence-electron chi connectivity index (χ3n) is 1.72. The molecule has 1 rings (SSSR count). The van der Waals surface area contributed by atoms with Gasteiger partial charge in [0.25, 0.3) is 0 Å². The molecule has 68 valence electrons. The normalized spacial score (nSPS) is 9.46. The number of allylic oxidation sites excluding steroid dienone is 2. The molecule has 1 nitrogen and oxygen atoms in total. The summed E-state index contributed by atoms with van der Waals surface area (Å²) in [6.07, 6.45) is 1.66. The third kappa shape index (κ3) is 2.86. The van der Waals surface area contributed by atoms with E-state index in [1.807, 2.05) is 45.0 Å². The zero-order chi connectivity index (χ0) is 9.84. The van der Waals surface area contributed by atoms with E-state index in [-0.39, 0.29) is 5.78 Å². The zero-order valence-corrected chi connectivity index (χ0v) is 8.29. The maximum Gasteiger partial charge on any atom is 0.185 e. The van der Waals surface area contributed by atoms with Crippen LogP contribution in [0.2, 0.25) is 0 Å². The Balaban J connectivity index is 2.96. The van der Waals surface area contributed by atoms with Crippen molar-refractivity contribution in [1.82, 2.24) is 0 Å². The minimum Gasteiger partial charge on any atom is -0.289 e. The summed E-state index contributed by atoms with van der Waals surface area (Å²) in [4.78, 5) is 11.5. The topological polar surface area (TPSA) is 17.1 Å². The van der Waals surface area contributed by atoms with E-state index < -0.39 is 0 Å². The Morgan fingerprint density at radius 3 is 2.54 bits per heavy atom. The smallest absolute Gasteiger partial charge is 0.185 e. The van der Waals surface area contributed by atoms with E-state index in [0.29, 0.717) is 0 Å². The van der Waals surface area contributed by atoms with Crippen molar-refractivity contribution in [2.75, 3.05) is 0 Å². The molecular formula is C12H14O. The van der Waals surface area contributed by atoms with Gasteiger partial charge >= 0.3 is 0 Å². The van der Waals surface area contributed by atoms with Crippen molar-refractivity contribution in [3.8, 4) is 0 Å². The van der Waals surface area contributed by atoms with E-state index in [2.05, 4.69) is 0 Å². The molecule has 0 N–H and O–H groups in total. The quantitative estimate of drug-likeness (QED) is 0.497. The number of carbonyl (C=O) groups excluding carboxylic acids is 1. The van der Waals surface area contributed by atoms with Crippen LogP contribution >= 0.6 is 0 Å². The molecule has 0 saturated heterocycles. The van der Waals surface area contributed by atoms with Crippen LogP contribution in [0, 0.1) is 6.92 Å². The van der Waals surface area contributed by atoms with Crippen molar-refractivity contribution in [3.05, 3.63) is 47.0 Å². The summed E-state index contributed by atoms with van der Waals surface area (Å²) in [7, 11) is 0. The fourth-order valence-corrected chi connectivity index (χ4v) is 1.14. The van der Waals surface area contributed by atoms with Gasteiger partial charge in [-0.05, 0) is 32.9 Å². The number of carbonyl (C=O) groups is 1. The highest BCUT2D eigenvalue weighted by Crippen LogP contribution is 2.06. The van der Waals surface area contributed by atoms with Gasteiger partial charge in [0.1, 0.15) is 0 Å². The lowest BCUT2D eigenvalue weighted by Gasteiger charge is -1.97. The second-order valence-electron chi connectivity index (χ2n) is 3.46. The van der Waals surface area contributed by atoms with E-state index in [9.17, 15) is 4.79 Å². The number of benzene rings is 1. The molecule has 0 unspecified atom stereocenters. The van der Waals surface area contributed by atoms with E-state index >= 15 is 0 Å². The molecule has 0 fully saturated rings. The van der Waals surface area contributed by atoms with Gasteiger partial charge in [-0.1, -0.05) is 29.3 Å². The summed E-state index contributed by atoms with van der Waals surface area (Å²) in [6.45, 7) is 5.83. The summed E-state index contributed by atoms with van der Waals surface area (Å²) < 4.78 is 0. The molecule has 13 heavy (non-hydrogen) atoms. The van der Waals surface area contributed by atoms with Crippen molar-refractivity contribution < 1.29 is 4.79 Å². The van der Waals surface area contributed by atoms with Gasteiger partial charge in [0.05, 0.1) is 0 Å². The van der Waals surface area contributed by atoms with Crippen molar-refractivity contribution in [1.29, 1.82) is 0 Å². The number of rotatable bonds is 2. The lowest BCUT2D eigenvalue weighted by molar-refractivity contribution is 0.104. The highest BCUT2D eigenvalue weighted by atomic mass is 16.1. The van der Waals surface area contributed by atoms with Crippen molar-refractivity contribution in [2.45, 2.75) is 20.8 Å². The van der Waals surface area contributed by atoms with E-state index in [4.69, 9.17) is 0 Å². The lowest BCUT2D eigenvalue weighted by atomic mass is 10.1. The maximum atomic E-state index is 11.5. The second kappa shape index (κ2) is 4.04. The Morgan fingerprint density at radius 1 is 1.31 bits per heavy atom. The monoisotopic (exact) mass is 174 g/mol. The van der Waals surface area contributed by atoms with Crippen LogP contribution in [0.15, 0.2) is 35.9 Å². The summed E-state index contributed by atoms with van der Waals surface area (Å²) in [6, 6.07) is 7.64. The van der Waals surface area contributed by atoms with Crippen LogP contribution in [0.1, 0.15) is 29.8 Å². The molecule has 0 aliphatic heterocycles. The minimum absolute atomic E-state index is 0.0868. The molecule has 0 bridgehead atoms. The predicted molar refractivity (Wildman–Crippen MR) is 54.9 cm³/mol. The molecule has 0 atom stereocenters. The molecular weight excluding hydrogens is 160 g/mol. The molecule has 0 radical (unpaired) electrons. The lowest BCUT2D eigenvalue weighted by Crippen LogP contribution is -1.94. The molecule has 0 heterocycles. The Bertz CT molecular complexity index is 344. The summed E-state index contributed by atoms with van der Waals surface area (Å²) >= 11 is 0. The van der Waals surface area contributed by atoms with E-state index in [1.54, 1.807) is 6.08 Å². The molecule has 1 aromatic carbocycles. The van der Waals surface area contributed by atoms with Crippen molar-refractivity contribution in [2.24, 2.45) is 0 Å². The molecule has 0 spiro atoms. The van der Waals surface area contributed by atoms with Crippen LogP contribution in [-0.4, -0.2) is 5.78 Å². The first-order chi connectivity index (χ1) is 6.09. The van der Waals surface area contributed by atoms with Gasteiger partial charge in [-0.2, -0.15) is 0 Å². The highest BCUT2D eigenvalue weighted by Gasteiger charge is 2.00. The van der Waals surface area contributed by atoms with Crippen molar-refractivity contribution in [3.63, 3.8) is 0 Å². The molecule has 0 aliphatic rings. The molecule has 0 amide bonds. The number of ketones is 1. The second-order valence-corrected chi connectivity index (χ2v) is 3.46. The fraction of sp³-hybridized carbons (Fsp3) is 0.250. The average Bonchev–Trinajstić information content (AvgIpc) is 2.03. The number of aryl methyl sites for hydroxylation is 1. The van der Waals surface area contributed by atoms with E-state index in [1.165, 1.54) is 0 Å². The van der Waals surface area contributed by atoms with Gasteiger partial charge in [-0.3, -0.25) is 4.79 Å². The molecule has 1 heteroatoms. The summed E-state index contributed by atoms with van der Waals surface area (Å²) in [5.41, 5.74) is 2.92. The van der Waals surface area contributed by atoms with Gasteiger partial charge in [0, 0.05) is 5.56 Å². The molecule has 1 aromatic rings. The Morgan fingerprint density at radius 2 is 2.00 bits per heavy atom. The van der Waals surface area contributed by atoms with Gasteiger partial charge in [-0.25, -0.2) is 0 Å². The zero-order valence-electron chi connectivity index (χ0n) is 8.29. The van der Waals surface area contributed by atoms with Crippen molar-refractivity contribution >= 4 is 5.78 Å². The first-order valence-corrected chi connectivity index (χ1v) is 4.35. The van der Waals surface area contributed by atoms with Gasteiger partial charge in [0.2, 0.25) is 0 Å². The predicted octanol–water partition coefficient (Wildman–Crippen LogP) is 3.14. The number of hydrogen-bond acceptors (Lipinski definition) is 1. The standard InChI is InChI=1S/C12H14O/c1-9(2)7-12(13)11-6-4-5-10(3)8-11/h4-8H,1-3H3. The highest BCUT2D eigenvalue weighted by molar-refractivity contribution is 6.04. The molecule has 0 aromatic heterocycles. The number of hydrogen-bond donors (Lipinski definition) is 0. The van der Waals surface area contributed by atoms with Gasteiger partial charge < -0.3 is 0 Å². The Hall–Kier alpha value is -1.37. The van der Waals surface area contributed by atoms with Crippen LogP contribution in [0.4, 0.5) is 0 Å². The van der Waals surface area contributed by atoms with Gasteiger partial charge in [0.15, 0.2) is 5.78 Å². The largest absolute Gasteiger partial charge is 0.289 e. The van der Waals surface area contributed by atoms with E-state index in [0.717, 1.165) is 16.7 Å².